The summed E-state index contributed by atoms with van der Waals surface area (Å²) in [6, 6.07) is 41.1. The Labute approximate surface area is 306 Å². The molecule has 0 saturated heterocycles. The average Bonchev–Trinajstić information content (AvgIpc) is 3.17. The average molecular weight is 764 g/mol. The largest absolute Gasteiger partial charge is 0.744 e. The molecule has 0 heterocycles. The van der Waals surface area contributed by atoms with Crippen LogP contribution in [0.5, 0.6) is 5.75 Å². The van der Waals surface area contributed by atoms with Crippen LogP contribution in [0.2, 0.25) is 0 Å². The van der Waals surface area contributed by atoms with E-state index in [1.54, 1.807) is 66.7 Å². The molecule has 0 aliphatic carbocycles. The highest BCUT2D eigenvalue weighted by molar-refractivity contribution is 7.87. The molecule has 0 atom stereocenters. The lowest BCUT2D eigenvalue weighted by Crippen LogP contribution is -2.18. The highest BCUT2D eigenvalue weighted by Crippen LogP contribution is 2.45. The van der Waals surface area contributed by atoms with Crippen LogP contribution in [0, 0.1) is 23.3 Å². The molecule has 0 aromatic heterocycles. The van der Waals surface area contributed by atoms with Crippen molar-refractivity contribution in [2.75, 3.05) is 0 Å². The van der Waals surface area contributed by atoms with E-state index in [-0.39, 0.29) is 11.1 Å². The third kappa shape index (κ3) is 5.94. The Hall–Kier alpha value is -6.08. The second kappa shape index (κ2) is 13.1. The van der Waals surface area contributed by atoms with Gasteiger partial charge in [0.15, 0.2) is 11.6 Å². The van der Waals surface area contributed by atoms with Crippen LogP contribution in [0.4, 0.5) is 17.6 Å². The smallest absolute Gasteiger partial charge is 0.340 e. The fraction of sp³-hybridized carbons (Fsp3) is 0. The summed E-state index contributed by atoms with van der Waals surface area (Å²) in [5.41, 5.74) is 2.00. The molecule has 0 N–H and O–H groups in total. The third-order valence-electron chi connectivity index (χ3n) is 9.21. The van der Waals surface area contributed by atoms with Crippen LogP contribution in [-0.2, 0) is 20.2 Å². The van der Waals surface area contributed by atoms with E-state index in [2.05, 4.69) is 0 Å². The highest BCUT2D eigenvalue weighted by atomic mass is 32.2. The van der Waals surface area contributed by atoms with Crippen molar-refractivity contribution in [1.82, 2.24) is 0 Å². The molecule has 0 spiro atoms. The van der Waals surface area contributed by atoms with Crippen LogP contribution < -0.4 is 4.18 Å². The quantitative estimate of drug-likeness (QED) is 0.0693. The lowest BCUT2D eigenvalue weighted by molar-refractivity contribution is 0.363. The molecular formula is C42H23F4O6S2-. The van der Waals surface area contributed by atoms with Crippen molar-refractivity contribution in [2.45, 2.75) is 9.79 Å². The van der Waals surface area contributed by atoms with E-state index >= 15 is 8.78 Å². The number of benzene rings is 8. The molecule has 0 saturated carbocycles. The third-order valence-corrected chi connectivity index (χ3v) is 11.4. The number of hydrogen-bond donors (Lipinski definition) is 0. The van der Waals surface area contributed by atoms with Crippen molar-refractivity contribution in [3.63, 3.8) is 0 Å². The first kappa shape index (κ1) is 35.0. The molecular weight excluding hydrogens is 741 g/mol. The predicted octanol–water partition coefficient (Wildman–Crippen LogP) is 10.4. The minimum Gasteiger partial charge on any atom is -0.744 e. The second-order valence-corrected chi connectivity index (χ2v) is 15.2. The molecule has 268 valence electrons. The Morgan fingerprint density at radius 3 is 1.54 bits per heavy atom. The van der Waals surface area contributed by atoms with Crippen LogP contribution in [0.3, 0.4) is 0 Å². The van der Waals surface area contributed by atoms with Gasteiger partial charge in [0.05, 0.1) is 0 Å². The first-order chi connectivity index (χ1) is 25.8. The van der Waals surface area contributed by atoms with E-state index < -0.39 is 59.0 Å². The molecule has 0 aliphatic rings. The minimum absolute atomic E-state index is 0.00892. The summed E-state index contributed by atoms with van der Waals surface area (Å²) in [5.74, 6) is -12.4. The summed E-state index contributed by atoms with van der Waals surface area (Å²) in [6.07, 6.45) is 0. The van der Waals surface area contributed by atoms with Gasteiger partial charge >= 0.3 is 10.1 Å². The molecule has 8 aromatic carbocycles. The molecule has 0 radical (unpaired) electrons. The summed E-state index contributed by atoms with van der Waals surface area (Å²) >= 11 is 0. The molecule has 8 aromatic rings. The normalized spacial score (nSPS) is 12.1. The Morgan fingerprint density at radius 1 is 0.426 bits per heavy atom. The van der Waals surface area contributed by atoms with Crippen LogP contribution in [0.15, 0.2) is 149 Å². The van der Waals surface area contributed by atoms with Crippen molar-refractivity contribution >= 4 is 52.6 Å². The molecule has 0 unspecified atom stereocenters. The number of hydrogen-bond acceptors (Lipinski definition) is 6. The summed E-state index contributed by atoms with van der Waals surface area (Å²) in [7, 11) is -11.6. The second-order valence-electron chi connectivity index (χ2n) is 12.4. The van der Waals surface area contributed by atoms with Crippen molar-refractivity contribution < 1.29 is 43.1 Å². The van der Waals surface area contributed by atoms with Crippen molar-refractivity contribution in [3.05, 3.63) is 163 Å². The molecule has 6 nitrogen and oxygen atoms in total. The van der Waals surface area contributed by atoms with Gasteiger partial charge in [-0.2, -0.15) is 17.2 Å². The van der Waals surface area contributed by atoms with Gasteiger partial charge in [0.1, 0.15) is 19.9 Å². The minimum atomic E-state index is -6.08. The van der Waals surface area contributed by atoms with E-state index in [4.69, 9.17) is 4.18 Å². The van der Waals surface area contributed by atoms with Gasteiger partial charge in [0.2, 0.25) is 17.4 Å². The number of fused-ring (bicyclic) bond motifs is 3. The molecule has 0 fully saturated rings. The van der Waals surface area contributed by atoms with Crippen LogP contribution >= 0.6 is 0 Å². The van der Waals surface area contributed by atoms with Gasteiger partial charge in [-0.1, -0.05) is 121 Å². The molecule has 54 heavy (non-hydrogen) atoms. The maximum Gasteiger partial charge on any atom is 0.340 e. The van der Waals surface area contributed by atoms with E-state index in [0.29, 0.717) is 22.1 Å². The van der Waals surface area contributed by atoms with Gasteiger partial charge in [0, 0.05) is 11.1 Å². The lowest BCUT2D eigenvalue weighted by Gasteiger charge is -2.21. The van der Waals surface area contributed by atoms with Crippen LogP contribution in [0.1, 0.15) is 0 Å². The zero-order chi connectivity index (χ0) is 37.9. The molecule has 0 aliphatic heterocycles. The summed E-state index contributed by atoms with van der Waals surface area (Å²) in [6.45, 7) is 0. The standard InChI is InChI=1S/C42H24F4O6S2/c43-36-38(45)42(53(47,48)49)39(46)37(44)40(36)52-54(50,51)41-34(28-20-19-24-9-1-2-12-27(24)21-28)22-29(32-17-7-13-25-10-3-5-15-30(25)32)23-35(41)33-18-8-14-26-11-4-6-16-31(26)33/h1-23H,(H,47,48,49)/p-1. The fourth-order valence-corrected chi connectivity index (χ4v) is 8.75. The molecule has 0 amide bonds. The van der Waals surface area contributed by atoms with Gasteiger partial charge in [-0.15, -0.1) is 0 Å². The first-order valence-electron chi connectivity index (χ1n) is 16.2. The van der Waals surface area contributed by atoms with Gasteiger partial charge < -0.3 is 8.74 Å². The summed E-state index contributed by atoms with van der Waals surface area (Å²) in [4.78, 5) is -3.06. The Balaban J connectivity index is 1.50. The lowest BCUT2D eigenvalue weighted by atomic mass is 9.89. The first-order valence-corrected chi connectivity index (χ1v) is 19.0. The fourth-order valence-electron chi connectivity index (χ4n) is 6.80. The van der Waals surface area contributed by atoms with Crippen LogP contribution in [0.25, 0.3) is 65.7 Å². The van der Waals surface area contributed by atoms with E-state index in [0.717, 1.165) is 32.5 Å². The maximum absolute atomic E-state index is 15.4. The number of rotatable bonds is 7. The Bertz CT molecular complexity index is 3040. The van der Waals surface area contributed by atoms with E-state index in [1.165, 1.54) is 0 Å². The maximum atomic E-state index is 15.4. The van der Waals surface area contributed by atoms with Crippen LogP contribution in [-0.4, -0.2) is 21.4 Å². The van der Waals surface area contributed by atoms with Gasteiger partial charge in [-0.05, 0) is 72.8 Å². The zero-order valence-corrected chi connectivity index (χ0v) is 29.2. The highest BCUT2D eigenvalue weighted by Gasteiger charge is 2.35. The zero-order valence-electron chi connectivity index (χ0n) is 27.6. The van der Waals surface area contributed by atoms with E-state index in [9.17, 15) is 30.2 Å². The molecule has 8 rings (SSSR count). The van der Waals surface area contributed by atoms with Gasteiger partial charge in [-0.25, -0.2) is 17.2 Å². The topological polar surface area (TPSA) is 101 Å². The van der Waals surface area contributed by atoms with Gasteiger partial charge in [-0.3, -0.25) is 0 Å². The van der Waals surface area contributed by atoms with E-state index in [1.807, 2.05) is 72.8 Å². The Kier molecular flexibility index (Phi) is 8.48. The predicted molar refractivity (Wildman–Crippen MR) is 197 cm³/mol. The Morgan fingerprint density at radius 2 is 0.926 bits per heavy atom. The summed E-state index contributed by atoms with van der Waals surface area (Å²) < 4.78 is 129. The van der Waals surface area contributed by atoms with Crippen molar-refractivity contribution in [2.24, 2.45) is 0 Å². The van der Waals surface area contributed by atoms with Crippen molar-refractivity contribution in [3.8, 4) is 39.1 Å². The number of halogens is 4. The summed E-state index contributed by atoms with van der Waals surface area (Å²) in [5, 5.41) is 4.59. The molecule has 12 heteroatoms. The monoisotopic (exact) mass is 763 g/mol. The van der Waals surface area contributed by atoms with Gasteiger partial charge in [0.25, 0.3) is 0 Å². The van der Waals surface area contributed by atoms with Crippen molar-refractivity contribution in [1.29, 1.82) is 0 Å². The SMILES string of the molecule is O=S(=O)([O-])c1c(F)c(F)c(OS(=O)(=O)c2c(-c3ccc4ccccc4c3)cc(-c3cccc4ccccc34)cc2-c2cccc3ccccc23)c(F)c1F. The molecule has 0 bridgehead atoms.